The van der Waals surface area contributed by atoms with E-state index in [9.17, 15) is 0 Å². The highest BCUT2D eigenvalue weighted by atomic mass is 32.1. The highest BCUT2D eigenvalue weighted by Gasteiger charge is 2.18. The first kappa shape index (κ1) is 27.6. The number of benzene rings is 8. The van der Waals surface area contributed by atoms with Crippen LogP contribution in [0.5, 0.6) is 0 Å². The molecule has 3 heterocycles. The van der Waals surface area contributed by atoms with Crippen LogP contribution in [0, 0.1) is 0 Å². The van der Waals surface area contributed by atoms with Crippen molar-refractivity contribution in [2.75, 3.05) is 0 Å². The summed E-state index contributed by atoms with van der Waals surface area (Å²) in [5.41, 5.74) is 10.9. The van der Waals surface area contributed by atoms with E-state index in [0.29, 0.717) is 5.71 Å². The van der Waals surface area contributed by atoms with Crippen molar-refractivity contribution >= 4 is 86.3 Å². The van der Waals surface area contributed by atoms with Crippen molar-refractivity contribution in [3.05, 3.63) is 158 Å². The van der Waals surface area contributed by atoms with E-state index in [1.54, 1.807) is 0 Å². The smallest absolute Gasteiger partial charge is 0.246 e. The summed E-state index contributed by atoms with van der Waals surface area (Å²) >= 11 is 1.87. The molecule has 11 aromatic rings. The van der Waals surface area contributed by atoms with Crippen LogP contribution in [0.1, 0.15) is 0 Å². The minimum absolute atomic E-state index is 0.561. The summed E-state index contributed by atoms with van der Waals surface area (Å²) in [5.74, 6) is 0. The Morgan fingerprint density at radius 2 is 1.02 bits per heavy atom. The molecule has 0 atom stereocenters. The number of rotatable bonds is 3. The number of hydrogen-bond acceptors (Lipinski definition) is 4. The van der Waals surface area contributed by atoms with Crippen molar-refractivity contribution in [1.29, 1.82) is 0 Å². The molecule has 0 aliphatic carbocycles. The van der Waals surface area contributed by atoms with E-state index in [-0.39, 0.29) is 0 Å². The molecule has 0 fully saturated rings. The molecule has 0 aliphatic heterocycles. The molecule has 4 heteroatoms. The summed E-state index contributed by atoms with van der Waals surface area (Å²) < 4.78 is 9.17. The van der Waals surface area contributed by atoms with Gasteiger partial charge in [-0.05, 0) is 79.9 Å². The molecule has 0 N–H and O–H groups in total. The number of nitrogens with zero attached hydrogens (tertiary/aromatic N) is 2. The van der Waals surface area contributed by atoms with Gasteiger partial charge in [-0.1, -0.05) is 127 Å². The lowest BCUT2D eigenvalue weighted by Gasteiger charge is -2.10. The molecule has 0 bridgehead atoms. The molecule has 0 aliphatic rings. The first-order chi connectivity index (χ1) is 24.8. The Morgan fingerprint density at radius 1 is 0.420 bits per heavy atom. The van der Waals surface area contributed by atoms with Crippen LogP contribution >= 0.6 is 11.3 Å². The molecule has 50 heavy (non-hydrogen) atoms. The lowest BCUT2D eigenvalue weighted by molar-refractivity contribution is 0.659. The van der Waals surface area contributed by atoms with Gasteiger partial charge in [0.1, 0.15) is 11.1 Å². The average molecular weight is 655 g/mol. The third-order valence-electron chi connectivity index (χ3n) is 10.1. The van der Waals surface area contributed by atoms with Crippen molar-refractivity contribution < 1.29 is 4.42 Å². The van der Waals surface area contributed by atoms with Crippen LogP contribution in [0.3, 0.4) is 0 Å². The predicted octanol–water partition coefficient (Wildman–Crippen LogP) is 13.2. The fourth-order valence-corrected chi connectivity index (χ4v) is 8.96. The summed E-state index contributed by atoms with van der Waals surface area (Å²) in [6, 6.07) is 56.3. The van der Waals surface area contributed by atoms with Gasteiger partial charge in [0.2, 0.25) is 5.71 Å². The third kappa shape index (κ3) is 4.09. The van der Waals surface area contributed by atoms with E-state index < -0.39 is 0 Å². The van der Waals surface area contributed by atoms with Gasteiger partial charge in [-0.15, -0.1) is 11.3 Å². The third-order valence-corrected chi connectivity index (χ3v) is 11.3. The maximum atomic E-state index is 6.52. The van der Waals surface area contributed by atoms with Crippen LogP contribution in [0.4, 0.5) is 0 Å². The summed E-state index contributed by atoms with van der Waals surface area (Å²) in [7, 11) is 0. The summed E-state index contributed by atoms with van der Waals surface area (Å²) in [6.07, 6.45) is 0. The van der Waals surface area contributed by atoms with E-state index in [1.165, 1.54) is 53.2 Å². The predicted molar refractivity (Wildman–Crippen MR) is 211 cm³/mol. The lowest BCUT2D eigenvalue weighted by Crippen LogP contribution is -1.88. The molecule has 8 aromatic carbocycles. The zero-order valence-electron chi connectivity index (χ0n) is 26.7. The van der Waals surface area contributed by atoms with E-state index in [2.05, 4.69) is 158 Å². The van der Waals surface area contributed by atoms with Gasteiger partial charge >= 0.3 is 0 Å². The molecular weight excluding hydrogens is 629 g/mol. The number of thiophene rings is 1. The summed E-state index contributed by atoms with van der Waals surface area (Å²) in [6.45, 7) is 0. The normalized spacial score (nSPS) is 12.0. The summed E-state index contributed by atoms with van der Waals surface area (Å²) in [4.78, 5) is 10.2. The van der Waals surface area contributed by atoms with Crippen LogP contribution < -0.4 is 0 Å². The SMILES string of the molecule is c1cc(-c2cccc(-c3cccc4c3sc3ccccc34)c2)cc(-c2ccc3nc4c(nc3c2)oc2c3ccccc3c3ccccc3c42)c1. The minimum Gasteiger partial charge on any atom is -0.436 e. The molecule has 0 spiro atoms. The molecule has 0 amide bonds. The number of furan rings is 1. The van der Waals surface area contributed by atoms with Crippen molar-refractivity contribution in [2.45, 2.75) is 0 Å². The fourth-order valence-electron chi connectivity index (χ4n) is 7.72. The van der Waals surface area contributed by atoms with Crippen LogP contribution in [-0.4, -0.2) is 9.97 Å². The largest absolute Gasteiger partial charge is 0.436 e. The Balaban J connectivity index is 1.01. The zero-order chi connectivity index (χ0) is 32.8. The first-order valence-corrected chi connectivity index (χ1v) is 17.6. The van der Waals surface area contributed by atoms with Gasteiger partial charge in [-0.2, -0.15) is 0 Å². The van der Waals surface area contributed by atoms with Crippen molar-refractivity contribution in [1.82, 2.24) is 9.97 Å². The van der Waals surface area contributed by atoms with E-state index in [1.807, 2.05) is 11.3 Å². The fraction of sp³-hybridized carbons (Fsp3) is 0. The van der Waals surface area contributed by atoms with Crippen molar-refractivity contribution in [3.8, 4) is 33.4 Å². The van der Waals surface area contributed by atoms with Crippen molar-refractivity contribution in [3.63, 3.8) is 0 Å². The van der Waals surface area contributed by atoms with Crippen LogP contribution in [0.15, 0.2) is 162 Å². The maximum absolute atomic E-state index is 6.52. The first-order valence-electron chi connectivity index (χ1n) is 16.8. The van der Waals surface area contributed by atoms with E-state index >= 15 is 0 Å². The molecule has 0 unspecified atom stereocenters. The van der Waals surface area contributed by atoms with Gasteiger partial charge in [0, 0.05) is 25.6 Å². The molecule has 3 nitrogen and oxygen atoms in total. The summed E-state index contributed by atoms with van der Waals surface area (Å²) in [5, 5.41) is 8.23. The standard InChI is InChI=1S/C46H26N2OS/c1-3-17-36-33(14-1)34-15-2-4-18-37(34)44-42(36)43-46(49-44)48-40-26-30(22-23-39(40)47-43)28-11-7-10-27(24-28)29-12-8-13-31(25-29)32-19-9-20-38-35-16-5-6-21-41(35)50-45(32)38/h1-26H. The highest BCUT2D eigenvalue weighted by Crippen LogP contribution is 2.42. The van der Waals surface area contributed by atoms with Gasteiger partial charge in [-0.25, -0.2) is 9.97 Å². The Morgan fingerprint density at radius 3 is 1.82 bits per heavy atom. The molecule has 3 aromatic heterocycles. The molecule has 0 saturated carbocycles. The minimum atomic E-state index is 0.561. The Labute approximate surface area is 290 Å². The quantitative estimate of drug-likeness (QED) is 0.178. The van der Waals surface area contributed by atoms with E-state index in [4.69, 9.17) is 14.4 Å². The average Bonchev–Trinajstić information content (AvgIpc) is 3.76. The second-order valence-corrected chi connectivity index (χ2v) is 14.0. The van der Waals surface area contributed by atoms with Crippen LogP contribution in [0.2, 0.25) is 0 Å². The molecule has 0 radical (unpaired) electrons. The lowest BCUT2D eigenvalue weighted by atomic mass is 9.95. The molecule has 0 saturated heterocycles. The molecular formula is C46H26N2OS. The molecule has 232 valence electrons. The highest BCUT2D eigenvalue weighted by molar-refractivity contribution is 7.26. The van der Waals surface area contributed by atoms with Gasteiger partial charge in [0.25, 0.3) is 0 Å². The van der Waals surface area contributed by atoms with E-state index in [0.717, 1.165) is 49.4 Å². The Kier molecular flexibility index (Phi) is 5.83. The number of fused-ring (bicyclic) bond motifs is 12. The second-order valence-electron chi connectivity index (χ2n) is 12.9. The van der Waals surface area contributed by atoms with Crippen LogP contribution in [0.25, 0.3) is 108 Å². The maximum Gasteiger partial charge on any atom is 0.246 e. The number of aromatic nitrogens is 2. The van der Waals surface area contributed by atoms with Gasteiger partial charge in [-0.3, -0.25) is 0 Å². The monoisotopic (exact) mass is 654 g/mol. The zero-order valence-corrected chi connectivity index (χ0v) is 27.5. The van der Waals surface area contributed by atoms with Crippen LogP contribution in [-0.2, 0) is 0 Å². The van der Waals surface area contributed by atoms with Gasteiger partial charge in [0.05, 0.1) is 16.4 Å². The topological polar surface area (TPSA) is 38.9 Å². The Bertz CT molecular complexity index is 3170. The Hall–Kier alpha value is -6.36. The second kappa shape index (κ2) is 10.6. The van der Waals surface area contributed by atoms with Gasteiger partial charge in [0.15, 0.2) is 0 Å². The molecule has 11 rings (SSSR count). The van der Waals surface area contributed by atoms with Gasteiger partial charge < -0.3 is 4.42 Å². The van der Waals surface area contributed by atoms with Crippen molar-refractivity contribution in [2.24, 2.45) is 0 Å². The number of hydrogen-bond donors (Lipinski definition) is 0.